The summed E-state index contributed by atoms with van der Waals surface area (Å²) in [6.07, 6.45) is 0.697. The van der Waals surface area contributed by atoms with Crippen molar-refractivity contribution < 1.29 is 32.3 Å². The van der Waals surface area contributed by atoms with Gasteiger partial charge in [0.25, 0.3) is 5.91 Å². The van der Waals surface area contributed by atoms with E-state index in [0.717, 1.165) is 11.6 Å². The van der Waals surface area contributed by atoms with Crippen molar-refractivity contribution in [3.05, 3.63) is 89.6 Å². The molecule has 0 spiro atoms. The smallest absolute Gasteiger partial charge is 0.416 e. The lowest BCUT2D eigenvalue weighted by molar-refractivity contribution is -0.138. The summed E-state index contributed by atoms with van der Waals surface area (Å²) in [5.74, 6) is -1.28. The number of nitrogens with two attached hydrogens (primary N) is 1. The number of aromatic nitrogens is 4. The van der Waals surface area contributed by atoms with E-state index in [2.05, 4.69) is 30.6 Å². The summed E-state index contributed by atoms with van der Waals surface area (Å²) in [7, 11) is 0. The summed E-state index contributed by atoms with van der Waals surface area (Å²) < 4.78 is 48.3. The van der Waals surface area contributed by atoms with Crippen LogP contribution in [0, 0.1) is 6.92 Å². The number of halogens is 3. The van der Waals surface area contributed by atoms with Crippen LogP contribution >= 0.6 is 0 Å². The first-order chi connectivity index (χ1) is 23.6. The Labute approximate surface area is 286 Å². The molecule has 1 saturated heterocycles. The average molecular weight is 692 g/mol. The Balaban J connectivity index is 1.30. The Morgan fingerprint density at radius 2 is 1.76 bits per heavy atom. The van der Waals surface area contributed by atoms with Crippen molar-refractivity contribution >= 4 is 35.2 Å². The Hall–Kier alpha value is -5.64. The summed E-state index contributed by atoms with van der Waals surface area (Å²) in [5.41, 5.74) is 6.41. The number of hydrogen-bond donors (Lipinski definition) is 3. The fraction of sp³-hybridized carbons (Fsp3) is 0.324. The quantitative estimate of drug-likeness (QED) is 0.224. The van der Waals surface area contributed by atoms with Gasteiger partial charge in [-0.1, -0.05) is 12.1 Å². The monoisotopic (exact) mass is 691 g/mol. The molecule has 0 radical (unpaired) electrons. The van der Waals surface area contributed by atoms with Crippen molar-refractivity contribution in [2.24, 2.45) is 5.73 Å². The third kappa shape index (κ3) is 8.87. The van der Waals surface area contributed by atoms with Gasteiger partial charge in [-0.3, -0.25) is 19.4 Å². The third-order valence-corrected chi connectivity index (χ3v) is 7.75. The Morgan fingerprint density at radius 1 is 1.02 bits per heavy atom. The highest BCUT2D eigenvalue weighted by Gasteiger charge is 2.38. The maximum Gasteiger partial charge on any atom is 0.416 e. The van der Waals surface area contributed by atoms with Gasteiger partial charge >= 0.3 is 12.3 Å². The normalized spacial score (nSPS) is 15.3. The van der Waals surface area contributed by atoms with Crippen molar-refractivity contribution in [1.29, 1.82) is 0 Å². The first kappa shape index (κ1) is 35.7. The summed E-state index contributed by atoms with van der Waals surface area (Å²) in [4.78, 5) is 57.7. The Morgan fingerprint density at radius 3 is 2.44 bits per heavy atom. The lowest BCUT2D eigenvalue weighted by Gasteiger charge is -2.40. The van der Waals surface area contributed by atoms with Crippen LogP contribution in [0.15, 0.2) is 67.4 Å². The number of benzene rings is 2. The second-order valence-electron chi connectivity index (χ2n) is 12.7. The first-order valence-electron chi connectivity index (χ1n) is 15.6. The zero-order valence-electron chi connectivity index (χ0n) is 27.8. The van der Waals surface area contributed by atoms with Gasteiger partial charge in [0.15, 0.2) is 0 Å². The zero-order valence-corrected chi connectivity index (χ0v) is 27.8. The number of primary amides is 1. The van der Waals surface area contributed by atoms with Crippen molar-refractivity contribution in [2.45, 2.75) is 52.1 Å². The molecule has 2 aromatic heterocycles. The van der Waals surface area contributed by atoms with E-state index in [1.54, 1.807) is 68.5 Å². The summed E-state index contributed by atoms with van der Waals surface area (Å²) >= 11 is 0. The van der Waals surface area contributed by atoms with E-state index in [-0.39, 0.29) is 43.3 Å². The lowest BCUT2D eigenvalue weighted by atomic mass is 10.0. The number of rotatable bonds is 8. The molecule has 13 nitrogen and oxygen atoms in total. The molecule has 1 aliphatic heterocycles. The van der Waals surface area contributed by atoms with Crippen LogP contribution in [0.5, 0.6) is 0 Å². The van der Waals surface area contributed by atoms with Crippen molar-refractivity contribution in [3.8, 4) is 11.3 Å². The van der Waals surface area contributed by atoms with E-state index in [4.69, 9.17) is 10.5 Å². The van der Waals surface area contributed by atoms with Crippen LogP contribution in [-0.2, 0) is 22.3 Å². The Kier molecular flexibility index (Phi) is 10.3. The molecule has 1 fully saturated rings. The highest BCUT2D eigenvalue weighted by atomic mass is 19.4. The molecule has 262 valence electrons. The highest BCUT2D eigenvalue weighted by Crippen LogP contribution is 2.34. The molecule has 16 heteroatoms. The molecule has 1 aliphatic rings. The minimum absolute atomic E-state index is 0.0251. The predicted octanol–water partition coefficient (Wildman–Crippen LogP) is 5.16. The Bertz CT molecular complexity index is 1880. The molecule has 1 unspecified atom stereocenters. The van der Waals surface area contributed by atoms with E-state index < -0.39 is 41.3 Å². The molecule has 1 atom stereocenters. The van der Waals surface area contributed by atoms with E-state index in [9.17, 15) is 27.6 Å². The lowest BCUT2D eigenvalue weighted by Crippen LogP contribution is -2.60. The maximum absolute atomic E-state index is 14.3. The van der Waals surface area contributed by atoms with Crippen molar-refractivity contribution in [2.75, 3.05) is 30.3 Å². The zero-order chi connectivity index (χ0) is 36.2. The standard InChI is InChI=1S/C34H36F3N9O4/c1-20-5-8-24(14-27(20)44-31-41-10-9-26(43-31)23-15-39-19-40-16-23)42-30(48)21-6-7-22(25(13-21)34(35,36)37)17-45-11-12-46(28(18-45)29(38)47)32(49)50-33(2,3)4/h5-10,13-16,19,28H,11-12,17-18H2,1-4H3,(H2,38,47)(H,42,48)(H,41,43,44). The maximum atomic E-state index is 14.3. The number of amides is 3. The van der Waals surface area contributed by atoms with Gasteiger partial charge in [0.1, 0.15) is 18.0 Å². The van der Waals surface area contributed by atoms with Crippen LogP contribution in [0.2, 0.25) is 0 Å². The minimum atomic E-state index is -4.78. The first-order valence-corrected chi connectivity index (χ1v) is 15.6. The van der Waals surface area contributed by atoms with Crippen LogP contribution in [0.4, 0.5) is 35.3 Å². The molecule has 0 aliphatic carbocycles. The van der Waals surface area contributed by atoms with E-state index in [0.29, 0.717) is 22.6 Å². The number of carbonyl (C=O) groups excluding carboxylic acids is 3. The van der Waals surface area contributed by atoms with Gasteiger partial charge < -0.3 is 21.1 Å². The second kappa shape index (κ2) is 14.5. The van der Waals surface area contributed by atoms with Crippen molar-refractivity contribution in [1.82, 2.24) is 29.7 Å². The number of hydrogen-bond acceptors (Lipinski definition) is 10. The molecular weight excluding hydrogens is 655 g/mol. The SMILES string of the molecule is Cc1ccc(NC(=O)c2ccc(CN3CCN(C(=O)OC(C)(C)C)C(C(N)=O)C3)c(C(F)(F)F)c2)cc1Nc1nccc(-c2cncnc2)n1. The highest BCUT2D eigenvalue weighted by molar-refractivity contribution is 6.04. The van der Waals surface area contributed by atoms with Crippen LogP contribution in [0.25, 0.3) is 11.3 Å². The number of alkyl halides is 3. The molecule has 3 amide bonds. The molecule has 3 heterocycles. The number of nitrogens with one attached hydrogen (secondary N) is 2. The van der Waals surface area contributed by atoms with E-state index >= 15 is 0 Å². The summed E-state index contributed by atoms with van der Waals surface area (Å²) in [6, 6.07) is 8.94. The number of nitrogens with zero attached hydrogens (tertiary/aromatic N) is 6. The van der Waals surface area contributed by atoms with Crippen LogP contribution in [0.1, 0.15) is 47.8 Å². The topological polar surface area (TPSA) is 169 Å². The van der Waals surface area contributed by atoms with Crippen LogP contribution in [0.3, 0.4) is 0 Å². The third-order valence-electron chi connectivity index (χ3n) is 7.75. The number of piperazine rings is 1. The molecule has 0 saturated carbocycles. The average Bonchev–Trinajstić information content (AvgIpc) is 3.05. The molecule has 0 bridgehead atoms. The van der Waals surface area contributed by atoms with Gasteiger partial charge in [-0.15, -0.1) is 0 Å². The number of ether oxygens (including phenoxy) is 1. The van der Waals surface area contributed by atoms with Crippen LogP contribution in [-0.4, -0.2) is 78.9 Å². The number of aryl methyl sites for hydroxylation is 1. The summed E-state index contributed by atoms with van der Waals surface area (Å²) in [6.45, 7) is 6.78. The minimum Gasteiger partial charge on any atom is -0.444 e. The fourth-order valence-corrected chi connectivity index (χ4v) is 5.30. The van der Waals surface area contributed by atoms with E-state index in [1.165, 1.54) is 23.4 Å². The van der Waals surface area contributed by atoms with Gasteiger partial charge in [0.05, 0.1) is 11.3 Å². The van der Waals surface area contributed by atoms with Crippen LogP contribution < -0.4 is 16.4 Å². The van der Waals surface area contributed by atoms with Gasteiger partial charge in [-0.25, -0.2) is 24.7 Å². The number of carbonyl (C=O) groups is 3. The largest absolute Gasteiger partial charge is 0.444 e. The number of anilines is 3. The molecule has 5 rings (SSSR count). The van der Waals surface area contributed by atoms with Crippen molar-refractivity contribution in [3.63, 3.8) is 0 Å². The fourth-order valence-electron chi connectivity index (χ4n) is 5.30. The summed E-state index contributed by atoms with van der Waals surface area (Å²) in [5, 5.41) is 5.78. The molecular formula is C34H36F3N9O4. The van der Waals surface area contributed by atoms with Gasteiger partial charge in [-0.2, -0.15) is 13.2 Å². The van der Waals surface area contributed by atoms with E-state index in [1.807, 2.05) is 6.92 Å². The molecule has 4 aromatic rings. The van der Waals surface area contributed by atoms with Gasteiger partial charge in [0.2, 0.25) is 11.9 Å². The molecule has 2 aromatic carbocycles. The predicted molar refractivity (Wildman–Crippen MR) is 178 cm³/mol. The molecule has 4 N–H and O–H groups in total. The van der Waals surface area contributed by atoms with Gasteiger partial charge in [0, 0.05) is 67.3 Å². The van der Waals surface area contributed by atoms with Gasteiger partial charge in [-0.05, 0) is 69.2 Å². The molecule has 50 heavy (non-hydrogen) atoms. The second-order valence-corrected chi connectivity index (χ2v) is 12.7.